The van der Waals surface area contributed by atoms with Crippen LogP contribution in [0, 0.1) is 5.41 Å². The SMILES string of the molecule is C[C@@H]1CC(C)(C)Cc2ccc(OC(=O)[C@@H](C)N3C(=O)c4ccccc4C3=O)cc21. The number of hydrogen-bond donors (Lipinski definition) is 0. The molecule has 0 spiro atoms. The van der Waals surface area contributed by atoms with Crippen molar-refractivity contribution >= 4 is 17.8 Å². The third kappa shape index (κ3) is 3.35. The van der Waals surface area contributed by atoms with Crippen LogP contribution in [0.3, 0.4) is 0 Å². The summed E-state index contributed by atoms with van der Waals surface area (Å²) in [6.45, 7) is 8.24. The van der Waals surface area contributed by atoms with Crippen LogP contribution in [0.4, 0.5) is 0 Å². The standard InChI is InChI=1S/C24H25NO4/c1-14-12-24(3,4)13-16-9-10-17(11-20(14)16)29-23(28)15(2)25-21(26)18-7-5-6-8-19(18)22(25)27/h5-11,14-15H,12-13H2,1-4H3/t14-,15-/m1/s1. The topological polar surface area (TPSA) is 63.7 Å². The van der Waals surface area contributed by atoms with Crippen LogP contribution in [-0.4, -0.2) is 28.7 Å². The van der Waals surface area contributed by atoms with Crippen LogP contribution >= 0.6 is 0 Å². The summed E-state index contributed by atoms with van der Waals surface area (Å²) in [4.78, 5) is 38.9. The molecule has 0 radical (unpaired) electrons. The molecule has 0 saturated heterocycles. The second-order valence-electron chi connectivity index (χ2n) is 8.93. The molecule has 1 aliphatic carbocycles. The van der Waals surface area contributed by atoms with Gasteiger partial charge in [-0.1, -0.05) is 39.0 Å². The van der Waals surface area contributed by atoms with E-state index in [-0.39, 0.29) is 5.41 Å². The van der Waals surface area contributed by atoms with Crippen LogP contribution < -0.4 is 4.74 Å². The summed E-state index contributed by atoms with van der Waals surface area (Å²) in [6.07, 6.45) is 2.06. The number of rotatable bonds is 3. The van der Waals surface area contributed by atoms with Gasteiger partial charge in [0.05, 0.1) is 11.1 Å². The molecular formula is C24H25NO4. The van der Waals surface area contributed by atoms with Gasteiger partial charge < -0.3 is 4.74 Å². The van der Waals surface area contributed by atoms with Gasteiger partial charge in [0, 0.05) is 0 Å². The van der Waals surface area contributed by atoms with Crippen LogP contribution in [0.25, 0.3) is 0 Å². The third-order valence-electron chi connectivity index (χ3n) is 5.95. The smallest absolute Gasteiger partial charge is 0.334 e. The quantitative estimate of drug-likeness (QED) is 0.443. The van der Waals surface area contributed by atoms with Crippen molar-refractivity contribution in [3.63, 3.8) is 0 Å². The van der Waals surface area contributed by atoms with Crippen molar-refractivity contribution in [1.82, 2.24) is 4.90 Å². The van der Waals surface area contributed by atoms with Crippen molar-refractivity contribution in [2.45, 2.75) is 52.5 Å². The molecule has 29 heavy (non-hydrogen) atoms. The first-order valence-electron chi connectivity index (χ1n) is 9.99. The molecule has 2 aliphatic rings. The second-order valence-corrected chi connectivity index (χ2v) is 8.93. The van der Waals surface area contributed by atoms with E-state index in [2.05, 4.69) is 20.8 Å². The Bertz CT molecular complexity index is 988. The summed E-state index contributed by atoms with van der Waals surface area (Å²) in [5, 5.41) is 0. The normalized spacial score (nSPS) is 20.8. The molecule has 0 unspecified atom stereocenters. The summed E-state index contributed by atoms with van der Waals surface area (Å²) in [6, 6.07) is 11.3. The molecule has 0 aromatic heterocycles. The van der Waals surface area contributed by atoms with Gasteiger partial charge in [-0.15, -0.1) is 0 Å². The second kappa shape index (κ2) is 6.83. The van der Waals surface area contributed by atoms with E-state index in [4.69, 9.17) is 4.74 Å². The molecule has 0 bridgehead atoms. The molecule has 1 heterocycles. The Morgan fingerprint density at radius 3 is 2.34 bits per heavy atom. The third-order valence-corrected chi connectivity index (χ3v) is 5.95. The monoisotopic (exact) mass is 391 g/mol. The summed E-state index contributed by atoms with van der Waals surface area (Å²) in [5.41, 5.74) is 3.37. The van der Waals surface area contributed by atoms with Gasteiger partial charge in [-0.25, -0.2) is 4.79 Å². The molecule has 0 fully saturated rings. The zero-order chi connectivity index (χ0) is 20.9. The Balaban J connectivity index is 1.53. The van der Waals surface area contributed by atoms with Gasteiger partial charge in [0.25, 0.3) is 11.8 Å². The average molecular weight is 391 g/mol. The van der Waals surface area contributed by atoms with E-state index in [9.17, 15) is 14.4 Å². The lowest BCUT2D eigenvalue weighted by atomic mass is 9.70. The number of esters is 1. The molecule has 2 amide bonds. The first-order valence-corrected chi connectivity index (χ1v) is 9.99. The maximum atomic E-state index is 12.7. The van der Waals surface area contributed by atoms with Gasteiger partial charge in [0.2, 0.25) is 0 Å². The zero-order valence-corrected chi connectivity index (χ0v) is 17.2. The molecule has 2 atom stereocenters. The van der Waals surface area contributed by atoms with Crippen LogP contribution in [0.15, 0.2) is 42.5 Å². The first kappa shape index (κ1) is 19.4. The van der Waals surface area contributed by atoms with Gasteiger partial charge in [-0.3, -0.25) is 14.5 Å². The number of imide groups is 1. The fourth-order valence-corrected chi connectivity index (χ4v) is 4.65. The number of carbonyl (C=O) groups excluding carboxylic acids is 3. The van der Waals surface area contributed by atoms with Gasteiger partial charge in [-0.05, 0) is 66.5 Å². The van der Waals surface area contributed by atoms with Crippen LogP contribution in [-0.2, 0) is 11.2 Å². The van der Waals surface area contributed by atoms with Crippen molar-refractivity contribution < 1.29 is 19.1 Å². The number of ether oxygens (including phenoxy) is 1. The number of carbonyl (C=O) groups is 3. The Labute approximate surface area is 170 Å². The van der Waals surface area contributed by atoms with E-state index < -0.39 is 23.8 Å². The lowest BCUT2D eigenvalue weighted by Crippen LogP contribution is -2.44. The highest BCUT2D eigenvalue weighted by Gasteiger charge is 2.41. The van der Waals surface area contributed by atoms with Crippen LogP contribution in [0.5, 0.6) is 5.75 Å². The van der Waals surface area contributed by atoms with E-state index in [0.717, 1.165) is 17.7 Å². The number of hydrogen-bond acceptors (Lipinski definition) is 4. The van der Waals surface area contributed by atoms with Crippen LogP contribution in [0.2, 0.25) is 0 Å². The zero-order valence-electron chi connectivity index (χ0n) is 17.2. The fraction of sp³-hybridized carbons (Fsp3) is 0.375. The molecule has 1 aliphatic heterocycles. The molecule has 5 heteroatoms. The molecule has 4 rings (SSSR count). The van der Waals surface area contributed by atoms with Crippen molar-refractivity contribution in [1.29, 1.82) is 0 Å². The minimum atomic E-state index is -1.00. The van der Waals surface area contributed by atoms with E-state index >= 15 is 0 Å². The van der Waals surface area contributed by atoms with Gasteiger partial charge in [0.15, 0.2) is 0 Å². The lowest BCUT2D eigenvalue weighted by molar-refractivity contribution is -0.138. The molecule has 0 N–H and O–H groups in total. The Morgan fingerprint density at radius 2 is 1.72 bits per heavy atom. The van der Waals surface area contributed by atoms with E-state index in [1.165, 1.54) is 18.1 Å². The van der Waals surface area contributed by atoms with Crippen molar-refractivity contribution in [2.75, 3.05) is 0 Å². The predicted octanol–water partition coefficient (Wildman–Crippen LogP) is 4.35. The van der Waals surface area contributed by atoms with Crippen molar-refractivity contribution in [3.05, 3.63) is 64.7 Å². The van der Waals surface area contributed by atoms with Crippen LogP contribution in [0.1, 0.15) is 71.9 Å². The molecule has 2 aromatic rings. The predicted molar refractivity (Wildman–Crippen MR) is 109 cm³/mol. The highest BCUT2D eigenvalue weighted by Crippen LogP contribution is 2.42. The number of fused-ring (bicyclic) bond motifs is 2. The highest BCUT2D eigenvalue weighted by atomic mass is 16.5. The number of amides is 2. The summed E-state index contributed by atoms with van der Waals surface area (Å²) < 4.78 is 5.57. The van der Waals surface area contributed by atoms with Crippen molar-refractivity contribution in [2.24, 2.45) is 5.41 Å². The lowest BCUT2D eigenvalue weighted by Gasteiger charge is -2.35. The molecule has 2 aromatic carbocycles. The average Bonchev–Trinajstić information content (AvgIpc) is 2.92. The molecule has 0 saturated carbocycles. The maximum Gasteiger partial charge on any atom is 0.334 e. The number of nitrogens with zero attached hydrogens (tertiary/aromatic N) is 1. The van der Waals surface area contributed by atoms with E-state index in [1.54, 1.807) is 30.3 Å². The van der Waals surface area contributed by atoms with Gasteiger partial charge >= 0.3 is 5.97 Å². The maximum absolute atomic E-state index is 12.7. The minimum Gasteiger partial charge on any atom is -0.425 e. The molecule has 5 nitrogen and oxygen atoms in total. The fourth-order valence-electron chi connectivity index (χ4n) is 4.65. The Morgan fingerprint density at radius 1 is 1.10 bits per heavy atom. The first-order chi connectivity index (χ1) is 13.7. The molecular weight excluding hydrogens is 366 g/mol. The van der Waals surface area contributed by atoms with E-state index in [1.807, 2.05) is 12.1 Å². The summed E-state index contributed by atoms with van der Waals surface area (Å²) >= 11 is 0. The minimum absolute atomic E-state index is 0.255. The van der Waals surface area contributed by atoms with Crippen molar-refractivity contribution in [3.8, 4) is 5.75 Å². The highest BCUT2D eigenvalue weighted by molar-refractivity contribution is 6.22. The largest absolute Gasteiger partial charge is 0.425 e. The Kier molecular flexibility index (Phi) is 4.56. The van der Waals surface area contributed by atoms with E-state index in [0.29, 0.717) is 22.8 Å². The molecule has 150 valence electrons. The van der Waals surface area contributed by atoms with Gasteiger partial charge in [-0.2, -0.15) is 0 Å². The summed E-state index contributed by atoms with van der Waals surface area (Å²) in [7, 11) is 0. The summed E-state index contributed by atoms with van der Waals surface area (Å²) in [5.74, 6) is -0.722. The Hall–Kier alpha value is -2.95. The van der Waals surface area contributed by atoms with Gasteiger partial charge in [0.1, 0.15) is 11.8 Å². The number of benzene rings is 2.